The molecule has 0 aliphatic carbocycles. The molecule has 37 heavy (non-hydrogen) atoms. The van der Waals surface area contributed by atoms with E-state index < -0.39 is 0 Å². The van der Waals surface area contributed by atoms with Gasteiger partial charge in [0, 0.05) is 29.8 Å². The number of hydrogen-bond acceptors (Lipinski definition) is 4. The van der Waals surface area contributed by atoms with Gasteiger partial charge in [0.2, 0.25) is 0 Å². The van der Waals surface area contributed by atoms with Crippen molar-refractivity contribution in [2.24, 2.45) is 0 Å². The first kappa shape index (κ1) is 23.9. The minimum absolute atomic E-state index is 0.214. The number of amides is 2. The normalized spacial score (nSPS) is 11.8. The molecule has 0 aliphatic rings. The molecule has 5 aromatic rings. The van der Waals surface area contributed by atoms with E-state index in [2.05, 4.69) is 15.6 Å². The number of aromatic nitrogens is 1. The maximum Gasteiger partial charge on any atom is 0.255 e. The lowest BCUT2D eigenvalue weighted by molar-refractivity contribution is 0.0936. The van der Waals surface area contributed by atoms with Crippen molar-refractivity contribution in [3.63, 3.8) is 0 Å². The van der Waals surface area contributed by atoms with Crippen molar-refractivity contribution in [3.05, 3.63) is 114 Å². The Kier molecular flexibility index (Phi) is 6.51. The van der Waals surface area contributed by atoms with E-state index >= 15 is 0 Å². The van der Waals surface area contributed by atoms with Gasteiger partial charge in [0.1, 0.15) is 17.2 Å². The van der Waals surface area contributed by atoms with Gasteiger partial charge in [-0.1, -0.05) is 24.3 Å². The molecule has 0 saturated heterocycles. The fraction of sp³-hybridized carbons (Fsp3) is 0.100. The van der Waals surface area contributed by atoms with Crippen LogP contribution in [0.1, 0.15) is 39.4 Å². The SMILES string of the molecule is CNC(=O)c1c(-c2ccc(F)cc2)oc2ccc(-c3cccc(C(=O)NC(C)c4ccccn4)c3)cc12. The highest BCUT2D eigenvalue weighted by atomic mass is 19.1. The lowest BCUT2D eigenvalue weighted by atomic mass is 9.99. The summed E-state index contributed by atoms with van der Waals surface area (Å²) < 4.78 is 19.5. The summed E-state index contributed by atoms with van der Waals surface area (Å²) in [5.41, 5.74) is 4.40. The molecule has 3 aromatic carbocycles. The summed E-state index contributed by atoms with van der Waals surface area (Å²) in [6, 6.07) is 24.0. The third-order valence-corrected chi connectivity index (χ3v) is 6.19. The van der Waals surface area contributed by atoms with E-state index in [1.54, 1.807) is 37.5 Å². The van der Waals surface area contributed by atoms with Crippen molar-refractivity contribution in [2.75, 3.05) is 7.05 Å². The van der Waals surface area contributed by atoms with Crippen LogP contribution >= 0.6 is 0 Å². The van der Waals surface area contributed by atoms with E-state index in [1.807, 2.05) is 55.5 Å². The zero-order valence-corrected chi connectivity index (χ0v) is 20.3. The largest absolute Gasteiger partial charge is 0.455 e. The lowest BCUT2D eigenvalue weighted by Gasteiger charge is -2.14. The third-order valence-electron chi connectivity index (χ3n) is 6.19. The van der Waals surface area contributed by atoms with Gasteiger partial charge in [0.25, 0.3) is 11.8 Å². The number of carbonyl (C=O) groups is 2. The van der Waals surface area contributed by atoms with Gasteiger partial charge in [-0.05, 0) is 78.7 Å². The fourth-order valence-corrected chi connectivity index (χ4v) is 4.26. The fourth-order valence-electron chi connectivity index (χ4n) is 4.26. The molecule has 1 unspecified atom stereocenters. The number of hydrogen-bond donors (Lipinski definition) is 2. The average molecular weight is 494 g/mol. The number of furan rings is 1. The second-order valence-electron chi connectivity index (χ2n) is 8.63. The molecule has 7 heteroatoms. The maximum absolute atomic E-state index is 13.5. The molecule has 184 valence electrons. The van der Waals surface area contributed by atoms with E-state index in [1.165, 1.54) is 12.1 Å². The summed E-state index contributed by atoms with van der Waals surface area (Å²) in [5, 5.41) is 6.27. The minimum atomic E-state index is -0.373. The van der Waals surface area contributed by atoms with E-state index in [0.29, 0.717) is 33.4 Å². The zero-order valence-electron chi connectivity index (χ0n) is 20.3. The molecule has 0 saturated carbocycles. The minimum Gasteiger partial charge on any atom is -0.455 e. The Labute approximate surface area is 213 Å². The highest BCUT2D eigenvalue weighted by Gasteiger charge is 2.22. The molecule has 5 rings (SSSR count). The van der Waals surface area contributed by atoms with Gasteiger partial charge in [-0.3, -0.25) is 14.6 Å². The van der Waals surface area contributed by atoms with Crippen molar-refractivity contribution in [1.29, 1.82) is 0 Å². The van der Waals surface area contributed by atoms with Crippen molar-refractivity contribution >= 4 is 22.8 Å². The van der Waals surface area contributed by atoms with Gasteiger partial charge < -0.3 is 15.1 Å². The summed E-state index contributed by atoms with van der Waals surface area (Å²) >= 11 is 0. The standard InChI is InChI=1S/C30H24FN3O3/c1-18(25-8-3-4-15-33-25)34-29(35)22-7-5-6-20(16-22)21-11-14-26-24(17-21)27(30(36)32-2)28(37-26)19-9-12-23(31)13-10-19/h3-18H,1-2H3,(H,32,36)(H,34,35). The maximum atomic E-state index is 13.5. The van der Waals surface area contributed by atoms with Crippen LogP contribution < -0.4 is 10.6 Å². The summed E-state index contributed by atoms with van der Waals surface area (Å²) in [7, 11) is 1.55. The topological polar surface area (TPSA) is 84.2 Å². The van der Waals surface area contributed by atoms with Crippen LogP contribution in [0.2, 0.25) is 0 Å². The van der Waals surface area contributed by atoms with Gasteiger partial charge >= 0.3 is 0 Å². The molecule has 0 bridgehead atoms. The van der Waals surface area contributed by atoms with Crippen LogP contribution in [-0.4, -0.2) is 23.8 Å². The predicted molar refractivity (Wildman–Crippen MR) is 141 cm³/mol. The average Bonchev–Trinajstić information content (AvgIpc) is 3.32. The van der Waals surface area contributed by atoms with Gasteiger partial charge in [-0.15, -0.1) is 0 Å². The van der Waals surface area contributed by atoms with Crippen LogP contribution in [0.5, 0.6) is 0 Å². The molecular formula is C30H24FN3O3. The summed E-state index contributed by atoms with van der Waals surface area (Å²) in [4.78, 5) is 30.1. The van der Waals surface area contributed by atoms with Gasteiger partial charge in [0.05, 0.1) is 17.3 Å². The first-order chi connectivity index (χ1) is 17.9. The molecule has 2 aromatic heterocycles. The molecular weight excluding hydrogens is 469 g/mol. The lowest BCUT2D eigenvalue weighted by Crippen LogP contribution is -2.27. The van der Waals surface area contributed by atoms with Crippen molar-refractivity contribution < 1.29 is 18.4 Å². The number of fused-ring (bicyclic) bond motifs is 1. The van der Waals surface area contributed by atoms with Crippen LogP contribution in [0.4, 0.5) is 4.39 Å². The number of carbonyl (C=O) groups excluding carboxylic acids is 2. The summed E-state index contributed by atoms with van der Waals surface area (Å²) in [6.45, 7) is 1.88. The second kappa shape index (κ2) is 10.1. The third kappa shape index (κ3) is 4.84. The molecule has 2 heterocycles. The predicted octanol–water partition coefficient (Wildman–Crippen LogP) is 6.15. The number of halogens is 1. The Balaban J connectivity index is 1.50. The van der Waals surface area contributed by atoms with Crippen LogP contribution in [0.25, 0.3) is 33.4 Å². The van der Waals surface area contributed by atoms with E-state index in [0.717, 1.165) is 16.8 Å². The Morgan fingerprint density at radius 1 is 0.865 bits per heavy atom. The highest BCUT2D eigenvalue weighted by molar-refractivity contribution is 6.11. The second-order valence-corrected chi connectivity index (χ2v) is 8.63. The number of pyridine rings is 1. The Morgan fingerprint density at radius 3 is 2.35 bits per heavy atom. The molecule has 0 fully saturated rings. The molecule has 2 N–H and O–H groups in total. The first-order valence-corrected chi connectivity index (χ1v) is 11.8. The highest BCUT2D eigenvalue weighted by Crippen LogP contribution is 2.36. The molecule has 1 atom stereocenters. The quantitative estimate of drug-likeness (QED) is 0.297. The number of nitrogens with zero attached hydrogens (tertiary/aromatic N) is 1. The molecule has 0 spiro atoms. The van der Waals surface area contributed by atoms with Crippen LogP contribution in [0, 0.1) is 5.82 Å². The van der Waals surface area contributed by atoms with Crippen LogP contribution in [0.3, 0.4) is 0 Å². The molecule has 6 nitrogen and oxygen atoms in total. The van der Waals surface area contributed by atoms with Crippen LogP contribution in [0.15, 0.2) is 95.5 Å². The van der Waals surface area contributed by atoms with Crippen molar-refractivity contribution in [1.82, 2.24) is 15.6 Å². The molecule has 0 aliphatic heterocycles. The van der Waals surface area contributed by atoms with E-state index in [-0.39, 0.29) is 23.7 Å². The first-order valence-electron chi connectivity index (χ1n) is 11.8. The zero-order chi connectivity index (χ0) is 25.9. The van der Waals surface area contributed by atoms with Gasteiger partial charge in [0.15, 0.2) is 0 Å². The Morgan fingerprint density at radius 2 is 1.62 bits per heavy atom. The monoisotopic (exact) mass is 493 g/mol. The number of nitrogens with one attached hydrogen (secondary N) is 2. The van der Waals surface area contributed by atoms with Crippen molar-refractivity contribution in [3.8, 4) is 22.5 Å². The molecule has 0 radical (unpaired) electrons. The smallest absolute Gasteiger partial charge is 0.255 e. The Hall–Kier alpha value is -4.78. The summed E-state index contributed by atoms with van der Waals surface area (Å²) in [5.74, 6) is -0.536. The van der Waals surface area contributed by atoms with Crippen LogP contribution in [-0.2, 0) is 0 Å². The number of rotatable bonds is 6. The van der Waals surface area contributed by atoms with Crippen molar-refractivity contribution in [2.45, 2.75) is 13.0 Å². The van der Waals surface area contributed by atoms with E-state index in [4.69, 9.17) is 4.42 Å². The van der Waals surface area contributed by atoms with Gasteiger partial charge in [-0.2, -0.15) is 0 Å². The van der Waals surface area contributed by atoms with Gasteiger partial charge in [-0.25, -0.2) is 4.39 Å². The number of benzene rings is 3. The molecule has 2 amide bonds. The van der Waals surface area contributed by atoms with E-state index in [9.17, 15) is 14.0 Å². The Bertz CT molecular complexity index is 1590. The summed E-state index contributed by atoms with van der Waals surface area (Å²) in [6.07, 6.45) is 1.69.